The SMILES string of the molecule is O=C(O)c1ccc2c(c1Cl)C(=O)OC2=O. The molecule has 0 amide bonds. The molecule has 1 heterocycles. The van der Waals surface area contributed by atoms with E-state index in [-0.39, 0.29) is 21.7 Å². The van der Waals surface area contributed by atoms with E-state index in [2.05, 4.69) is 4.74 Å². The summed E-state index contributed by atoms with van der Waals surface area (Å²) in [5.74, 6) is -2.99. The molecule has 1 aromatic rings. The Morgan fingerprint density at radius 3 is 2.53 bits per heavy atom. The summed E-state index contributed by atoms with van der Waals surface area (Å²) in [4.78, 5) is 32.9. The van der Waals surface area contributed by atoms with Crippen LogP contribution in [-0.2, 0) is 4.74 Å². The normalized spacial score (nSPS) is 13.7. The lowest BCUT2D eigenvalue weighted by molar-refractivity contribution is 0.0443. The van der Waals surface area contributed by atoms with Crippen molar-refractivity contribution in [1.29, 1.82) is 0 Å². The number of aromatic carboxylic acids is 1. The van der Waals surface area contributed by atoms with E-state index in [1.807, 2.05) is 0 Å². The van der Waals surface area contributed by atoms with Gasteiger partial charge in [-0.25, -0.2) is 14.4 Å². The summed E-state index contributed by atoms with van der Waals surface area (Å²) in [5, 5.41) is 8.46. The highest BCUT2D eigenvalue weighted by Crippen LogP contribution is 2.30. The standard InChI is InChI=1S/C9H3ClO5/c10-6-4(7(11)12)2-1-3-5(6)9(14)15-8(3)13/h1-2H,(H,11,12). The molecule has 0 radical (unpaired) electrons. The van der Waals surface area contributed by atoms with Crippen molar-refractivity contribution in [3.05, 3.63) is 33.8 Å². The molecule has 1 aliphatic rings. The highest BCUT2D eigenvalue weighted by atomic mass is 35.5. The van der Waals surface area contributed by atoms with E-state index in [0.717, 1.165) is 6.07 Å². The number of cyclic esters (lactones) is 2. The predicted octanol–water partition coefficient (Wildman–Crippen LogP) is 1.35. The maximum atomic E-state index is 11.2. The van der Waals surface area contributed by atoms with Crippen LogP contribution in [0.3, 0.4) is 0 Å². The van der Waals surface area contributed by atoms with Crippen LogP contribution < -0.4 is 0 Å². The summed E-state index contributed by atoms with van der Waals surface area (Å²) >= 11 is 5.68. The Morgan fingerprint density at radius 1 is 1.27 bits per heavy atom. The molecule has 1 aliphatic heterocycles. The molecule has 2 rings (SSSR count). The molecule has 0 fully saturated rings. The largest absolute Gasteiger partial charge is 0.478 e. The first-order valence-electron chi connectivity index (χ1n) is 3.84. The third-order valence-electron chi connectivity index (χ3n) is 1.98. The third-order valence-corrected chi connectivity index (χ3v) is 2.37. The molecular formula is C9H3ClO5. The second-order valence-corrected chi connectivity index (χ2v) is 3.21. The fourth-order valence-corrected chi connectivity index (χ4v) is 1.62. The Bertz CT molecular complexity index is 505. The molecule has 0 atom stereocenters. The molecule has 0 spiro atoms. The number of hydrogen-bond donors (Lipinski definition) is 1. The van der Waals surface area contributed by atoms with Crippen LogP contribution in [0.5, 0.6) is 0 Å². The van der Waals surface area contributed by atoms with Gasteiger partial charge in [0.25, 0.3) is 0 Å². The average Bonchev–Trinajstić information content (AvgIpc) is 2.43. The van der Waals surface area contributed by atoms with Gasteiger partial charge >= 0.3 is 17.9 Å². The zero-order valence-corrected chi connectivity index (χ0v) is 7.87. The van der Waals surface area contributed by atoms with Crippen LogP contribution in [0.2, 0.25) is 5.02 Å². The van der Waals surface area contributed by atoms with Gasteiger partial charge in [0.1, 0.15) is 0 Å². The van der Waals surface area contributed by atoms with Gasteiger partial charge in [-0.15, -0.1) is 0 Å². The van der Waals surface area contributed by atoms with Crippen molar-refractivity contribution in [3.8, 4) is 0 Å². The maximum Gasteiger partial charge on any atom is 0.348 e. The van der Waals surface area contributed by atoms with Crippen molar-refractivity contribution in [2.75, 3.05) is 0 Å². The second kappa shape index (κ2) is 3.06. The number of carboxylic acid groups (broad SMARTS) is 1. The molecule has 0 bridgehead atoms. The number of fused-ring (bicyclic) bond motifs is 1. The minimum atomic E-state index is -1.27. The topological polar surface area (TPSA) is 80.7 Å². The zero-order valence-electron chi connectivity index (χ0n) is 7.11. The zero-order chi connectivity index (χ0) is 11.2. The van der Waals surface area contributed by atoms with Crippen LogP contribution in [-0.4, -0.2) is 23.0 Å². The van der Waals surface area contributed by atoms with Gasteiger partial charge in [-0.2, -0.15) is 0 Å². The molecule has 1 aromatic carbocycles. The summed E-state index contributed by atoms with van der Waals surface area (Å²) in [6, 6.07) is 2.36. The number of esters is 2. The third kappa shape index (κ3) is 1.28. The van der Waals surface area contributed by atoms with Crippen LogP contribution in [0.15, 0.2) is 12.1 Å². The summed E-state index contributed by atoms with van der Waals surface area (Å²) in [6.45, 7) is 0. The molecule has 0 unspecified atom stereocenters. The van der Waals surface area contributed by atoms with Gasteiger partial charge in [0.15, 0.2) is 0 Å². The van der Waals surface area contributed by atoms with E-state index in [1.165, 1.54) is 6.07 Å². The van der Waals surface area contributed by atoms with Gasteiger partial charge in [-0.3, -0.25) is 0 Å². The Hall–Kier alpha value is -1.88. The molecule has 0 aliphatic carbocycles. The Morgan fingerprint density at radius 2 is 1.93 bits per heavy atom. The lowest BCUT2D eigenvalue weighted by Gasteiger charge is -2.00. The monoisotopic (exact) mass is 226 g/mol. The van der Waals surface area contributed by atoms with Gasteiger partial charge in [-0.05, 0) is 12.1 Å². The molecular weight excluding hydrogens is 224 g/mol. The van der Waals surface area contributed by atoms with Crippen LogP contribution >= 0.6 is 11.6 Å². The van der Waals surface area contributed by atoms with E-state index in [0.29, 0.717) is 0 Å². The Labute approximate surface area is 88.2 Å². The average molecular weight is 227 g/mol. The molecule has 5 nitrogen and oxygen atoms in total. The van der Waals surface area contributed by atoms with Gasteiger partial charge in [0.2, 0.25) is 0 Å². The molecule has 76 valence electrons. The van der Waals surface area contributed by atoms with Crippen LogP contribution in [0.4, 0.5) is 0 Å². The Balaban J connectivity index is 2.74. The van der Waals surface area contributed by atoms with Gasteiger partial charge in [0, 0.05) is 0 Å². The second-order valence-electron chi connectivity index (χ2n) is 2.83. The predicted molar refractivity (Wildman–Crippen MR) is 48.2 cm³/mol. The number of halogens is 1. The highest BCUT2D eigenvalue weighted by molar-refractivity contribution is 6.38. The van der Waals surface area contributed by atoms with Crippen LogP contribution in [0.1, 0.15) is 31.1 Å². The van der Waals surface area contributed by atoms with Crippen molar-refractivity contribution in [1.82, 2.24) is 0 Å². The van der Waals surface area contributed by atoms with Crippen molar-refractivity contribution < 1.29 is 24.2 Å². The first-order valence-corrected chi connectivity index (χ1v) is 4.22. The van der Waals surface area contributed by atoms with E-state index in [1.54, 1.807) is 0 Å². The number of hydrogen-bond acceptors (Lipinski definition) is 4. The van der Waals surface area contributed by atoms with Crippen molar-refractivity contribution in [2.45, 2.75) is 0 Å². The highest BCUT2D eigenvalue weighted by Gasteiger charge is 2.34. The van der Waals surface area contributed by atoms with Gasteiger partial charge in [0.05, 0.1) is 21.7 Å². The van der Waals surface area contributed by atoms with Crippen molar-refractivity contribution in [3.63, 3.8) is 0 Å². The summed E-state index contributed by atoms with van der Waals surface area (Å²) < 4.78 is 4.29. The minimum absolute atomic E-state index is 0.00463. The smallest absolute Gasteiger partial charge is 0.348 e. The van der Waals surface area contributed by atoms with Gasteiger partial charge in [-0.1, -0.05) is 11.6 Å². The fraction of sp³-hybridized carbons (Fsp3) is 0. The molecule has 6 heteroatoms. The quantitative estimate of drug-likeness (QED) is 0.577. The first kappa shape index (κ1) is 9.67. The molecule has 15 heavy (non-hydrogen) atoms. The summed E-state index contributed by atoms with van der Waals surface area (Å²) in [7, 11) is 0. The van der Waals surface area contributed by atoms with E-state index in [4.69, 9.17) is 16.7 Å². The molecule has 1 N–H and O–H groups in total. The summed E-state index contributed by atoms with van der Waals surface area (Å²) in [5.41, 5.74) is -0.418. The van der Waals surface area contributed by atoms with Crippen molar-refractivity contribution >= 4 is 29.5 Å². The lowest BCUT2D eigenvalue weighted by atomic mass is 10.1. The summed E-state index contributed by atoms with van der Waals surface area (Å²) in [6.07, 6.45) is 0. The van der Waals surface area contributed by atoms with E-state index < -0.39 is 17.9 Å². The van der Waals surface area contributed by atoms with Crippen LogP contribution in [0, 0.1) is 0 Å². The molecule has 0 saturated heterocycles. The van der Waals surface area contributed by atoms with E-state index >= 15 is 0 Å². The number of carboxylic acids is 1. The van der Waals surface area contributed by atoms with Crippen LogP contribution in [0.25, 0.3) is 0 Å². The number of carbonyl (C=O) groups excluding carboxylic acids is 2. The molecule has 0 saturated carbocycles. The number of ether oxygens (including phenoxy) is 1. The number of benzene rings is 1. The minimum Gasteiger partial charge on any atom is -0.478 e. The number of rotatable bonds is 1. The first-order chi connectivity index (χ1) is 7.02. The number of carbonyl (C=O) groups is 3. The lowest BCUT2D eigenvalue weighted by Crippen LogP contribution is -2.02. The van der Waals surface area contributed by atoms with E-state index in [9.17, 15) is 14.4 Å². The molecule has 0 aromatic heterocycles. The Kier molecular flexibility index (Phi) is 1.97. The maximum absolute atomic E-state index is 11.2. The van der Waals surface area contributed by atoms with Gasteiger partial charge < -0.3 is 9.84 Å². The fourth-order valence-electron chi connectivity index (χ4n) is 1.30. The van der Waals surface area contributed by atoms with Crippen molar-refractivity contribution in [2.24, 2.45) is 0 Å².